The highest BCUT2D eigenvalue weighted by atomic mass is 28.4. The van der Waals surface area contributed by atoms with Gasteiger partial charge in [0, 0.05) is 60.7 Å². The van der Waals surface area contributed by atoms with Gasteiger partial charge >= 0.3 is 6.01 Å². The van der Waals surface area contributed by atoms with E-state index < -0.39 is 8.32 Å². The summed E-state index contributed by atoms with van der Waals surface area (Å²) in [6.07, 6.45) is 5.94. The number of nitrogens with zero attached hydrogens (tertiary/aromatic N) is 5. The number of ether oxygens (including phenoxy) is 3. The molecule has 0 aliphatic carbocycles. The number of aromatic nitrogens is 4. The molecule has 0 aliphatic heterocycles. The van der Waals surface area contributed by atoms with Crippen molar-refractivity contribution in [2.45, 2.75) is 45.3 Å². The van der Waals surface area contributed by atoms with Crippen molar-refractivity contribution in [2.24, 2.45) is 0 Å². The Morgan fingerprint density at radius 3 is 2.05 bits per heavy atom. The van der Waals surface area contributed by atoms with Gasteiger partial charge in [-0.05, 0) is 42.8 Å². The summed E-state index contributed by atoms with van der Waals surface area (Å²) in [5, 5.41) is 0.163. The molecule has 4 aromatic rings. The van der Waals surface area contributed by atoms with Gasteiger partial charge in [-0.1, -0.05) is 20.8 Å². The third kappa shape index (κ3) is 6.68. The lowest BCUT2D eigenvalue weighted by Gasteiger charge is -2.36. The molecule has 2 heterocycles. The number of hydrogen-bond acceptors (Lipinski definition) is 9. The molecule has 0 bridgehead atoms. The van der Waals surface area contributed by atoms with Crippen LogP contribution in [0.2, 0.25) is 18.1 Å². The molecule has 40 heavy (non-hydrogen) atoms. The Morgan fingerprint density at radius 2 is 1.45 bits per heavy atom. The first kappa shape index (κ1) is 29.2. The maximum Gasteiger partial charge on any atom is 0.316 e. The summed E-state index contributed by atoms with van der Waals surface area (Å²) in [6.45, 7) is 12.8. The quantitative estimate of drug-likeness (QED) is 0.147. The lowest BCUT2D eigenvalue weighted by Crippen LogP contribution is -2.41. The molecule has 9 nitrogen and oxygen atoms in total. The van der Waals surface area contributed by atoms with Crippen LogP contribution in [0.1, 0.15) is 27.2 Å². The lowest BCUT2D eigenvalue weighted by molar-refractivity contribution is 0.284. The van der Waals surface area contributed by atoms with E-state index in [2.05, 4.69) is 65.8 Å². The van der Waals surface area contributed by atoms with Crippen molar-refractivity contribution in [3.8, 4) is 28.8 Å². The Balaban J connectivity index is 1.68. The molecule has 10 heteroatoms. The van der Waals surface area contributed by atoms with Gasteiger partial charge < -0.3 is 23.5 Å². The van der Waals surface area contributed by atoms with Crippen LogP contribution in [0.25, 0.3) is 22.3 Å². The predicted octanol–water partition coefficient (Wildman–Crippen LogP) is 6.66. The summed E-state index contributed by atoms with van der Waals surface area (Å²) < 4.78 is 22.7. The first-order valence-corrected chi connectivity index (χ1v) is 16.2. The molecule has 212 valence electrons. The lowest BCUT2D eigenvalue weighted by atomic mass is 10.1. The van der Waals surface area contributed by atoms with Crippen molar-refractivity contribution in [3.05, 3.63) is 55.0 Å². The van der Waals surface area contributed by atoms with E-state index in [-0.39, 0.29) is 5.04 Å². The van der Waals surface area contributed by atoms with E-state index >= 15 is 0 Å². The van der Waals surface area contributed by atoms with Crippen LogP contribution in [-0.4, -0.2) is 62.7 Å². The number of fused-ring (bicyclic) bond motifs is 1. The van der Waals surface area contributed by atoms with Gasteiger partial charge in [-0.25, -0.2) is 15.0 Å². The monoisotopic (exact) mass is 561 g/mol. The molecule has 0 unspecified atom stereocenters. The molecule has 4 rings (SSSR count). The zero-order valence-electron chi connectivity index (χ0n) is 24.7. The van der Waals surface area contributed by atoms with Gasteiger partial charge in [-0.3, -0.25) is 4.98 Å². The van der Waals surface area contributed by atoms with E-state index in [9.17, 15) is 0 Å². The molecule has 0 amide bonds. The van der Waals surface area contributed by atoms with Gasteiger partial charge in [-0.15, -0.1) is 0 Å². The van der Waals surface area contributed by atoms with E-state index in [1.807, 2.05) is 24.3 Å². The van der Waals surface area contributed by atoms with Crippen LogP contribution in [-0.2, 0) is 4.43 Å². The molecule has 2 aromatic carbocycles. The third-order valence-corrected chi connectivity index (χ3v) is 11.9. The second kappa shape index (κ2) is 12.2. The van der Waals surface area contributed by atoms with Gasteiger partial charge in [0.2, 0.25) is 0 Å². The van der Waals surface area contributed by atoms with Crippen molar-refractivity contribution in [2.75, 3.05) is 39.4 Å². The summed E-state index contributed by atoms with van der Waals surface area (Å²) in [5.41, 5.74) is 4.94. The molecular formula is C30H39N5O4Si. The molecule has 0 saturated carbocycles. The first-order valence-electron chi connectivity index (χ1n) is 13.3. The second-order valence-electron chi connectivity index (χ2n) is 11.1. The maximum atomic E-state index is 6.48. The minimum Gasteiger partial charge on any atom is -0.497 e. The van der Waals surface area contributed by atoms with Gasteiger partial charge in [-0.2, -0.15) is 0 Å². The maximum absolute atomic E-state index is 6.48. The highest BCUT2D eigenvalue weighted by Crippen LogP contribution is 2.37. The van der Waals surface area contributed by atoms with E-state index in [1.54, 1.807) is 32.8 Å². The Hall–Kier alpha value is -3.76. The van der Waals surface area contributed by atoms with Crippen molar-refractivity contribution >= 4 is 30.7 Å². The number of hydrogen-bond donors (Lipinski definition) is 0. The fraction of sp³-hybridized carbons (Fsp3) is 0.400. The third-order valence-electron chi connectivity index (χ3n) is 7.39. The molecule has 2 aromatic heterocycles. The van der Waals surface area contributed by atoms with E-state index in [0.29, 0.717) is 18.3 Å². The number of benzene rings is 2. The summed E-state index contributed by atoms with van der Waals surface area (Å²) in [5.74, 6) is 1.44. The molecule has 0 aliphatic rings. The van der Waals surface area contributed by atoms with Gasteiger partial charge in [0.1, 0.15) is 11.5 Å². The smallest absolute Gasteiger partial charge is 0.316 e. The molecular weight excluding hydrogens is 522 g/mol. The molecule has 0 saturated heterocycles. The van der Waals surface area contributed by atoms with E-state index in [1.165, 1.54) is 7.11 Å². The van der Waals surface area contributed by atoms with Crippen LogP contribution < -0.4 is 19.1 Å². The summed E-state index contributed by atoms with van der Waals surface area (Å²) in [4.78, 5) is 20.2. The minimum atomic E-state index is -1.84. The molecule has 0 N–H and O–H groups in total. The average molecular weight is 562 g/mol. The van der Waals surface area contributed by atoms with Crippen LogP contribution in [0.15, 0.2) is 55.0 Å². The summed E-state index contributed by atoms with van der Waals surface area (Å²) in [7, 11) is 3.01. The van der Waals surface area contributed by atoms with Gasteiger partial charge in [0.05, 0.1) is 44.3 Å². The second-order valence-corrected chi connectivity index (χ2v) is 15.9. The fourth-order valence-electron chi connectivity index (χ4n) is 3.98. The van der Waals surface area contributed by atoms with E-state index in [4.69, 9.17) is 23.6 Å². The number of rotatable bonds is 11. The van der Waals surface area contributed by atoms with Crippen LogP contribution in [0.3, 0.4) is 0 Å². The minimum absolute atomic E-state index is 0.163. The van der Waals surface area contributed by atoms with E-state index in [0.717, 1.165) is 52.4 Å². The van der Waals surface area contributed by atoms with Gasteiger partial charge in [0.15, 0.2) is 8.32 Å². The molecule has 0 radical (unpaired) electrons. The largest absolute Gasteiger partial charge is 0.497 e. The van der Waals surface area contributed by atoms with Crippen molar-refractivity contribution in [1.29, 1.82) is 0 Å². The van der Waals surface area contributed by atoms with Gasteiger partial charge in [0.25, 0.3) is 0 Å². The normalized spacial score (nSPS) is 11.9. The molecule has 0 spiro atoms. The Bertz CT molecular complexity index is 1420. The highest BCUT2D eigenvalue weighted by Gasteiger charge is 2.36. The Morgan fingerprint density at radius 1 is 0.775 bits per heavy atom. The average Bonchev–Trinajstić information content (AvgIpc) is 2.95. The SMILES string of the molecule is COc1cc(OC)cc(N(CCCO[Si](C)(C)C(C)(C)C)c2ccc3ncc(-c4cnc(OC)nc4)nc3c2)c1. The van der Waals surface area contributed by atoms with Crippen LogP contribution in [0, 0.1) is 0 Å². The molecule has 0 fully saturated rings. The van der Waals surface area contributed by atoms with Crippen LogP contribution in [0.4, 0.5) is 11.4 Å². The highest BCUT2D eigenvalue weighted by molar-refractivity contribution is 6.74. The van der Waals surface area contributed by atoms with Crippen LogP contribution >= 0.6 is 0 Å². The number of anilines is 2. The predicted molar refractivity (Wildman–Crippen MR) is 161 cm³/mol. The Kier molecular flexibility index (Phi) is 8.90. The number of methoxy groups -OCH3 is 3. The van der Waals surface area contributed by atoms with Crippen LogP contribution in [0.5, 0.6) is 17.5 Å². The summed E-state index contributed by atoms with van der Waals surface area (Å²) in [6, 6.07) is 12.3. The first-order chi connectivity index (χ1) is 19.0. The standard InChI is InChI=1S/C30H39N5O4Si/c1-30(2,3)40(7,8)39-13-9-12-35(23-14-24(36-4)17-25(15-23)37-5)22-10-11-26-27(16-22)34-28(20-31-26)21-18-32-29(38-6)33-19-21/h10-11,14-20H,9,12-13H2,1-8H3. The van der Waals surface area contributed by atoms with Crippen molar-refractivity contribution in [1.82, 2.24) is 19.9 Å². The summed E-state index contributed by atoms with van der Waals surface area (Å²) >= 11 is 0. The zero-order chi connectivity index (χ0) is 28.9. The zero-order valence-corrected chi connectivity index (χ0v) is 25.7. The topological polar surface area (TPSA) is 91.7 Å². The van der Waals surface area contributed by atoms with Crippen molar-refractivity contribution in [3.63, 3.8) is 0 Å². The fourth-order valence-corrected chi connectivity index (χ4v) is 5.07. The molecule has 0 atom stereocenters. The van der Waals surface area contributed by atoms with Crippen molar-refractivity contribution < 1.29 is 18.6 Å². The Labute approximate surface area is 237 Å².